The third-order valence-electron chi connectivity index (χ3n) is 2.09. The fraction of sp³-hybridized carbons (Fsp3) is 0.417. The lowest BCUT2D eigenvalue weighted by Gasteiger charge is -2.04. The van der Waals surface area contributed by atoms with E-state index in [2.05, 4.69) is 17.6 Å². The van der Waals surface area contributed by atoms with Gasteiger partial charge >= 0.3 is 0 Å². The van der Waals surface area contributed by atoms with Crippen molar-refractivity contribution in [2.75, 3.05) is 18.6 Å². The summed E-state index contributed by atoms with van der Waals surface area (Å²) < 4.78 is 0. The van der Waals surface area contributed by atoms with Crippen LogP contribution in [-0.2, 0) is 6.54 Å². The van der Waals surface area contributed by atoms with Gasteiger partial charge in [-0.15, -0.1) is 0 Å². The molecule has 0 spiro atoms. The van der Waals surface area contributed by atoms with Crippen LogP contribution in [0.15, 0.2) is 24.3 Å². The van der Waals surface area contributed by atoms with Crippen molar-refractivity contribution in [3.63, 3.8) is 0 Å². The Morgan fingerprint density at radius 1 is 1.47 bits per heavy atom. The smallest absolute Gasteiger partial charge is 0.0991 e. The highest BCUT2D eigenvalue weighted by Gasteiger charge is 1.94. The van der Waals surface area contributed by atoms with E-state index in [0.717, 1.165) is 18.7 Å². The van der Waals surface area contributed by atoms with Crippen LogP contribution in [0.2, 0.25) is 0 Å². The fourth-order valence-corrected chi connectivity index (χ4v) is 1.76. The van der Waals surface area contributed by atoms with Gasteiger partial charge in [-0.05, 0) is 42.7 Å². The number of hydrogen-bond acceptors (Lipinski definition) is 3. The summed E-state index contributed by atoms with van der Waals surface area (Å²) in [7, 11) is 0. The Balaban J connectivity index is 2.28. The maximum atomic E-state index is 8.73. The van der Waals surface area contributed by atoms with Gasteiger partial charge in [0.1, 0.15) is 0 Å². The molecule has 0 aromatic heterocycles. The minimum Gasteiger partial charge on any atom is -0.313 e. The normalized spacial score (nSPS) is 9.87. The van der Waals surface area contributed by atoms with Crippen molar-refractivity contribution in [3.8, 4) is 6.07 Å². The van der Waals surface area contributed by atoms with Crippen LogP contribution in [0.3, 0.4) is 0 Å². The first kappa shape index (κ1) is 12.1. The lowest BCUT2D eigenvalue weighted by molar-refractivity contribution is 0.679. The molecule has 0 unspecified atom stereocenters. The average Bonchev–Trinajstić information content (AvgIpc) is 2.29. The van der Waals surface area contributed by atoms with Crippen molar-refractivity contribution in [1.29, 1.82) is 5.26 Å². The van der Waals surface area contributed by atoms with E-state index in [9.17, 15) is 0 Å². The molecule has 1 N–H and O–H groups in total. The third kappa shape index (κ3) is 4.87. The van der Waals surface area contributed by atoms with Gasteiger partial charge in [-0.3, -0.25) is 0 Å². The molecule has 0 bridgehead atoms. The molecule has 0 heterocycles. The predicted octanol–water partition coefficient (Wildman–Crippen LogP) is 2.40. The van der Waals surface area contributed by atoms with E-state index in [1.807, 2.05) is 36.0 Å². The summed E-state index contributed by atoms with van der Waals surface area (Å²) in [6.45, 7) is 1.89. The Morgan fingerprint density at radius 2 is 2.33 bits per heavy atom. The highest BCUT2D eigenvalue weighted by atomic mass is 32.2. The van der Waals surface area contributed by atoms with Crippen molar-refractivity contribution < 1.29 is 0 Å². The van der Waals surface area contributed by atoms with Crippen molar-refractivity contribution in [2.45, 2.75) is 13.0 Å². The van der Waals surface area contributed by atoms with Crippen molar-refractivity contribution in [3.05, 3.63) is 35.4 Å². The highest BCUT2D eigenvalue weighted by molar-refractivity contribution is 7.98. The Hall–Kier alpha value is -0.980. The van der Waals surface area contributed by atoms with Crippen LogP contribution in [0.5, 0.6) is 0 Å². The van der Waals surface area contributed by atoms with E-state index in [4.69, 9.17) is 5.26 Å². The van der Waals surface area contributed by atoms with Crippen LogP contribution in [0.4, 0.5) is 0 Å². The Bertz CT molecular complexity index is 331. The fourth-order valence-electron chi connectivity index (χ4n) is 1.33. The molecule has 1 aromatic carbocycles. The zero-order chi connectivity index (χ0) is 10.9. The van der Waals surface area contributed by atoms with Gasteiger partial charge in [0.05, 0.1) is 11.6 Å². The molecule has 0 saturated carbocycles. The Labute approximate surface area is 95.7 Å². The van der Waals surface area contributed by atoms with Crippen molar-refractivity contribution in [1.82, 2.24) is 5.32 Å². The molecule has 80 valence electrons. The molecular weight excluding hydrogens is 204 g/mol. The standard InChI is InChI=1S/C12H16N2S/c1-15-7-3-6-14-10-12-5-2-4-11(8-12)9-13/h2,4-5,8,14H,3,6-7,10H2,1H3. The van der Waals surface area contributed by atoms with Crippen LogP contribution in [0.1, 0.15) is 17.5 Å². The SMILES string of the molecule is CSCCCNCc1cccc(C#N)c1. The second-order valence-corrected chi connectivity index (χ2v) is 4.32. The second-order valence-electron chi connectivity index (χ2n) is 3.34. The summed E-state index contributed by atoms with van der Waals surface area (Å²) in [5.41, 5.74) is 1.91. The molecule has 1 rings (SSSR count). The van der Waals surface area contributed by atoms with E-state index < -0.39 is 0 Å². The summed E-state index contributed by atoms with van der Waals surface area (Å²) in [5.74, 6) is 1.20. The van der Waals surface area contributed by atoms with E-state index in [-0.39, 0.29) is 0 Å². The maximum Gasteiger partial charge on any atom is 0.0991 e. The van der Waals surface area contributed by atoms with Crippen LogP contribution in [-0.4, -0.2) is 18.6 Å². The number of nitriles is 1. The van der Waals surface area contributed by atoms with E-state index >= 15 is 0 Å². The van der Waals surface area contributed by atoms with Gasteiger partial charge in [0.2, 0.25) is 0 Å². The molecule has 2 nitrogen and oxygen atoms in total. The van der Waals surface area contributed by atoms with Crippen molar-refractivity contribution >= 4 is 11.8 Å². The largest absolute Gasteiger partial charge is 0.313 e. The Morgan fingerprint density at radius 3 is 3.07 bits per heavy atom. The lowest BCUT2D eigenvalue weighted by Crippen LogP contribution is -2.15. The van der Waals surface area contributed by atoms with E-state index in [1.54, 1.807) is 0 Å². The summed E-state index contributed by atoms with van der Waals surface area (Å²) in [6.07, 6.45) is 3.31. The number of nitrogens with zero attached hydrogens (tertiary/aromatic N) is 1. The van der Waals surface area contributed by atoms with Gasteiger partial charge in [0, 0.05) is 6.54 Å². The second kappa shape index (κ2) is 7.33. The van der Waals surface area contributed by atoms with Gasteiger partial charge < -0.3 is 5.32 Å². The average molecular weight is 220 g/mol. The summed E-state index contributed by atoms with van der Waals surface area (Å²) >= 11 is 1.87. The summed E-state index contributed by atoms with van der Waals surface area (Å²) in [6, 6.07) is 9.88. The molecule has 0 atom stereocenters. The molecular formula is C12H16N2S. The molecule has 0 radical (unpaired) electrons. The van der Waals surface area contributed by atoms with Gasteiger partial charge in [-0.1, -0.05) is 12.1 Å². The first-order chi connectivity index (χ1) is 7.36. The monoisotopic (exact) mass is 220 g/mol. The molecule has 0 fully saturated rings. The summed E-state index contributed by atoms with van der Waals surface area (Å²) in [5, 5.41) is 12.1. The molecule has 0 aliphatic carbocycles. The maximum absolute atomic E-state index is 8.73. The topological polar surface area (TPSA) is 35.8 Å². The number of thioether (sulfide) groups is 1. The van der Waals surface area contributed by atoms with Gasteiger partial charge in [-0.25, -0.2) is 0 Å². The molecule has 3 heteroatoms. The Kier molecular flexibility index (Phi) is 5.91. The number of benzene rings is 1. The zero-order valence-electron chi connectivity index (χ0n) is 8.99. The molecule has 15 heavy (non-hydrogen) atoms. The van der Waals surface area contributed by atoms with Crippen LogP contribution in [0, 0.1) is 11.3 Å². The van der Waals surface area contributed by atoms with Crippen LogP contribution < -0.4 is 5.32 Å². The van der Waals surface area contributed by atoms with Gasteiger partial charge in [0.25, 0.3) is 0 Å². The minimum atomic E-state index is 0.735. The number of hydrogen-bond donors (Lipinski definition) is 1. The first-order valence-corrected chi connectivity index (χ1v) is 6.45. The summed E-state index contributed by atoms with van der Waals surface area (Å²) in [4.78, 5) is 0. The zero-order valence-corrected chi connectivity index (χ0v) is 9.81. The quantitative estimate of drug-likeness (QED) is 0.748. The van der Waals surface area contributed by atoms with E-state index in [0.29, 0.717) is 0 Å². The van der Waals surface area contributed by atoms with Crippen LogP contribution in [0.25, 0.3) is 0 Å². The molecule has 0 aliphatic heterocycles. The lowest BCUT2D eigenvalue weighted by atomic mass is 10.1. The first-order valence-electron chi connectivity index (χ1n) is 5.05. The van der Waals surface area contributed by atoms with Gasteiger partial charge in [0.15, 0.2) is 0 Å². The molecule has 0 aliphatic rings. The van der Waals surface area contributed by atoms with Gasteiger partial charge in [-0.2, -0.15) is 17.0 Å². The molecule has 0 saturated heterocycles. The predicted molar refractivity (Wildman–Crippen MR) is 65.9 cm³/mol. The van der Waals surface area contributed by atoms with E-state index in [1.165, 1.54) is 17.7 Å². The van der Waals surface area contributed by atoms with Crippen molar-refractivity contribution in [2.24, 2.45) is 0 Å². The molecule has 1 aromatic rings. The third-order valence-corrected chi connectivity index (χ3v) is 2.78. The minimum absolute atomic E-state index is 0.735. The molecule has 0 amide bonds. The highest BCUT2D eigenvalue weighted by Crippen LogP contribution is 2.03. The van der Waals surface area contributed by atoms with Crippen LogP contribution >= 0.6 is 11.8 Å². The number of rotatable bonds is 6. The number of nitrogens with one attached hydrogen (secondary N) is 1.